The molecule has 178 valence electrons. The second-order valence-corrected chi connectivity index (χ2v) is 10.2. The van der Waals surface area contributed by atoms with Gasteiger partial charge in [-0.25, -0.2) is 9.97 Å². The molecule has 0 amide bonds. The summed E-state index contributed by atoms with van der Waals surface area (Å²) >= 11 is 10.0. The molecular weight excluding hydrogens is 512 g/mol. The van der Waals surface area contributed by atoms with Crippen LogP contribution >= 0.6 is 27.5 Å². The first kappa shape index (κ1) is 23.5. The Morgan fingerprint density at radius 1 is 1.15 bits per heavy atom. The van der Waals surface area contributed by atoms with Gasteiger partial charge in [-0.1, -0.05) is 23.7 Å². The van der Waals surface area contributed by atoms with Crippen molar-refractivity contribution in [2.24, 2.45) is 0 Å². The fourth-order valence-corrected chi connectivity index (χ4v) is 5.39. The molecule has 5 rings (SSSR count). The van der Waals surface area contributed by atoms with E-state index in [1.54, 1.807) is 0 Å². The van der Waals surface area contributed by atoms with Crippen molar-refractivity contribution in [3.8, 4) is 0 Å². The highest BCUT2D eigenvalue weighted by molar-refractivity contribution is 9.10. The first-order valence-electron chi connectivity index (χ1n) is 11.9. The highest BCUT2D eigenvalue weighted by Gasteiger charge is 2.28. The summed E-state index contributed by atoms with van der Waals surface area (Å²) in [6.45, 7) is 8.50. The van der Waals surface area contributed by atoms with Gasteiger partial charge >= 0.3 is 0 Å². The van der Waals surface area contributed by atoms with Crippen molar-refractivity contribution in [2.45, 2.75) is 25.8 Å². The van der Waals surface area contributed by atoms with Gasteiger partial charge in [0.15, 0.2) is 0 Å². The standard InChI is InChI=1S/C26H30BrClN6/c1-18-22-16-19(8-12-33-14-10-29-11-15-33)31-26(32-20-6-7-25(27)30-17-20)21(22)9-13-34(18)24-5-3-2-4-23(24)28/h2-7,16-18,29H,8-15H2,1H3,(H,31,32). The van der Waals surface area contributed by atoms with Crippen molar-refractivity contribution in [1.29, 1.82) is 0 Å². The number of para-hydroxylation sites is 1. The minimum absolute atomic E-state index is 0.202. The van der Waals surface area contributed by atoms with Crippen LogP contribution in [0.1, 0.15) is 29.8 Å². The SMILES string of the molecule is CC1c2cc(CCN3CCNCC3)nc(Nc3ccc(Br)nc3)c2CCN1c1ccccc1Cl. The number of anilines is 3. The van der Waals surface area contributed by atoms with Crippen LogP contribution < -0.4 is 15.5 Å². The molecule has 1 fully saturated rings. The Morgan fingerprint density at radius 3 is 2.74 bits per heavy atom. The molecule has 34 heavy (non-hydrogen) atoms. The average molecular weight is 542 g/mol. The lowest BCUT2D eigenvalue weighted by Crippen LogP contribution is -2.44. The Balaban J connectivity index is 1.47. The van der Waals surface area contributed by atoms with Gasteiger partial charge in [-0.15, -0.1) is 0 Å². The predicted octanol–water partition coefficient (Wildman–Crippen LogP) is 5.21. The molecule has 2 aliphatic rings. The van der Waals surface area contributed by atoms with Crippen LogP contribution in [0.5, 0.6) is 0 Å². The summed E-state index contributed by atoms with van der Waals surface area (Å²) in [5.41, 5.74) is 5.76. The number of fused-ring (bicyclic) bond motifs is 1. The van der Waals surface area contributed by atoms with Gasteiger partial charge in [0, 0.05) is 56.9 Å². The van der Waals surface area contributed by atoms with E-state index in [2.05, 4.69) is 66.5 Å². The lowest BCUT2D eigenvalue weighted by molar-refractivity contribution is 0.243. The Labute approximate surface area is 214 Å². The summed E-state index contributed by atoms with van der Waals surface area (Å²) in [6.07, 6.45) is 3.68. The fourth-order valence-electron chi connectivity index (χ4n) is 4.92. The average Bonchev–Trinajstić information content (AvgIpc) is 2.86. The number of benzene rings is 1. The highest BCUT2D eigenvalue weighted by atomic mass is 79.9. The van der Waals surface area contributed by atoms with Gasteiger partial charge in [-0.2, -0.15) is 0 Å². The van der Waals surface area contributed by atoms with E-state index < -0.39 is 0 Å². The van der Waals surface area contributed by atoms with Crippen LogP contribution in [0.3, 0.4) is 0 Å². The van der Waals surface area contributed by atoms with E-state index in [1.165, 1.54) is 11.1 Å². The minimum Gasteiger partial charge on any atom is -0.363 e. The topological polar surface area (TPSA) is 56.3 Å². The molecule has 1 saturated heterocycles. The zero-order valence-electron chi connectivity index (χ0n) is 19.4. The van der Waals surface area contributed by atoms with Gasteiger partial charge in [0.25, 0.3) is 0 Å². The van der Waals surface area contributed by atoms with Gasteiger partial charge < -0.3 is 20.4 Å². The van der Waals surface area contributed by atoms with E-state index in [0.29, 0.717) is 0 Å². The summed E-state index contributed by atoms with van der Waals surface area (Å²) in [6, 6.07) is 14.6. The number of pyridine rings is 2. The molecule has 1 aromatic carbocycles. The lowest BCUT2D eigenvalue weighted by atomic mass is 9.92. The minimum atomic E-state index is 0.202. The molecule has 0 radical (unpaired) electrons. The molecule has 4 heterocycles. The molecule has 8 heteroatoms. The number of hydrogen-bond acceptors (Lipinski definition) is 6. The molecule has 3 aromatic rings. The number of halogens is 2. The zero-order valence-corrected chi connectivity index (χ0v) is 21.7. The van der Waals surface area contributed by atoms with Crippen molar-refractivity contribution < 1.29 is 0 Å². The second-order valence-electron chi connectivity index (χ2n) is 8.94. The normalized spacial score (nSPS) is 18.6. The van der Waals surface area contributed by atoms with Gasteiger partial charge in [0.1, 0.15) is 10.4 Å². The number of nitrogens with one attached hydrogen (secondary N) is 2. The van der Waals surface area contributed by atoms with E-state index in [1.807, 2.05) is 30.5 Å². The van der Waals surface area contributed by atoms with Crippen LogP contribution in [0, 0.1) is 0 Å². The molecule has 0 spiro atoms. The third-order valence-corrected chi connectivity index (χ3v) is 7.57. The molecule has 2 aliphatic heterocycles. The molecular formula is C26H30BrClN6. The molecule has 0 saturated carbocycles. The summed E-state index contributed by atoms with van der Waals surface area (Å²) in [5.74, 6) is 0.947. The third kappa shape index (κ3) is 5.23. The van der Waals surface area contributed by atoms with Crippen molar-refractivity contribution in [2.75, 3.05) is 49.5 Å². The molecule has 1 unspecified atom stereocenters. The molecule has 1 atom stereocenters. The maximum absolute atomic E-state index is 6.58. The number of nitrogens with zero attached hydrogens (tertiary/aromatic N) is 4. The summed E-state index contributed by atoms with van der Waals surface area (Å²) < 4.78 is 0.821. The number of aromatic nitrogens is 2. The maximum atomic E-state index is 6.58. The first-order chi connectivity index (χ1) is 16.6. The van der Waals surface area contributed by atoms with E-state index >= 15 is 0 Å². The Kier molecular flexibility index (Phi) is 7.34. The van der Waals surface area contributed by atoms with Crippen LogP contribution in [-0.2, 0) is 12.8 Å². The third-order valence-electron chi connectivity index (χ3n) is 6.78. The van der Waals surface area contributed by atoms with E-state index in [9.17, 15) is 0 Å². The quantitative estimate of drug-likeness (QED) is 0.418. The monoisotopic (exact) mass is 540 g/mol. The zero-order chi connectivity index (χ0) is 23.5. The van der Waals surface area contributed by atoms with E-state index in [-0.39, 0.29) is 6.04 Å². The summed E-state index contributed by atoms with van der Waals surface area (Å²) in [7, 11) is 0. The largest absolute Gasteiger partial charge is 0.363 e. The van der Waals surface area contributed by atoms with E-state index in [0.717, 1.165) is 84.6 Å². The Morgan fingerprint density at radius 2 is 1.97 bits per heavy atom. The number of hydrogen-bond donors (Lipinski definition) is 2. The molecule has 6 nitrogen and oxygen atoms in total. The van der Waals surface area contributed by atoms with Gasteiger partial charge in [-0.3, -0.25) is 0 Å². The van der Waals surface area contributed by atoms with Crippen LogP contribution in [0.4, 0.5) is 17.2 Å². The molecule has 0 aliphatic carbocycles. The smallest absolute Gasteiger partial charge is 0.134 e. The van der Waals surface area contributed by atoms with Crippen LogP contribution in [0.25, 0.3) is 0 Å². The van der Waals surface area contributed by atoms with Crippen LogP contribution in [0.2, 0.25) is 5.02 Å². The second kappa shape index (κ2) is 10.6. The lowest BCUT2D eigenvalue weighted by Gasteiger charge is -2.38. The number of piperazine rings is 1. The fraction of sp³-hybridized carbons (Fsp3) is 0.385. The van der Waals surface area contributed by atoms with Gasteiger partial charge in [0.2, 0.25) is 0 Å². The first-order valence-corrected chi connectivity index (χ1v) is 13.1. The number of rotatable bonds is 6. The van der Waals surface area contributed by atoms with Gasteiger partial charge in [-0.05, 0) is 65.2 Å². The van der Waals surface area contributed by atoms with Crippen molar-refractivity contribution in [1.82, 2.24) is 20.2 Å². The summed E-state index contributed by atoms with van der Waals surface area (Å²) in [5, 5.41) is 7.79. The summed E-state index contributed by atoms with van der Waals surface area (Å²) in [4.78, 5) is 14.4. The molecule has 2 aromatic heterocycles. The molecule has 2 N–H and O–H groups in total. The van der Waals surface area contributed by atoms with Crippen molar-refractivity contribution in [3.63, 3.8) is 0 Å². The van der Waals surface area contributed by atoms with Crippen LogP contribution in [-0.4, -0.2) is 54.1 Å². The predicted molar refractivity (Wildman–Crippen MR) is 143 cm³/mol. The van der Waals surface area contributed by atoms with Crippen LogP contribution in [0.15, 0.2) is 53.3 Å². The Bertz CT molecular complexity index is 1130. The maximum Gasteiger partial charge on any atom is 0.134 e. The molecule has 0 bridgehead atoms. The van der Waals surface area contributed by atoms with Crippen molar-refractivity contribution in [3.05, 3.63) is 75.1 Å². The van der Waals surface area contributed by atoms with E-state index in [4.69, 9.17) is 16.6 Å². The van der Waals surface area contributed by atoms with Crippen molar-refractivity contribution >= 4 is 44.7 Å². The Hall–Kier alpha value is -2.19. The van der Waals surface area contributed by atoms with Gasteiger partial charge in [0.05, 0.1) is 28.6 Å². The highest BCUT2D eigenvalue weighted by Crippen LogP contribution is 2.39.